The number of aliphatic carboxylic acids is 2. The third-order valence-electron chi connectivity index (χ3n) is 3.53. The van der Waals surface area contributed by atoms with Gasteiger partial charge in [0.2, 0.25) is 0 Å². The van der Waals surface area contributed by atoms with Gasteiger partial charge in [-0.15, -0.1) is 0 Å². The van der Waals surface area contributed by atoms with Crippen molar-refractivity contribution in [2.24, 2.45) is 5.92 Å². The molecule has 0 rings (SSSR count). The number of carboxylic acids is 2. The quantitative estimate of drug-likeness (QED) is 0.449. The first-order valence-electron chi connectivity index (χ1n) is 7.61. The topological polar surface area (TPSA) is 101 Å². The second kappa shape index (κ2) is 10.8. The average molecular weight is 314 g/mol. The highest BCUT2D eigenvalue weighted by Crippen LogP contribution is 2.16. The number of unbranched alkanes of at least 4 members (excludes halogenated alkanes) is 1. The Labute approximate surface area is 131 Å². The van der Waals surface area contributed by atoms with Gasteiger partial charge in [-0.2, -0.15) is 0 Å². The van der Waals surface area contributed by atoms with Gasteiger partial charge in [-0.1, -0.05) is 38.7 Å². The molecule has 6 nitrogen and oxygen atoms in total. The molecule has 0 spiro atoms. The van der Waals surface area contributed by atoms with E-state index < -0.39 is 24.3 Å². The van der Waals surface area contributed by atoms with Gasteiger partial charge in [-0.25, -0.2) is 4.79 Å². The number of carbonyl (C=O) groups excluding carboxylic acids is 1. The van der Waals surface area contributed by atoms with E-state index in [9.17, 15) is 14.4 Å². The van der Waals surface area contributed by atoms with Crippen molar-refractivity contribution < 1.29 is 29.3 Å². The van der Waals surface area contributed by atoms with E-state index in [0.29, 0.717) is 12.5 Å². The fourth-order valence-electron chi connectivity index (χ4n) is 2.04. The van der Waals surface area contributed by atoms with Crippen LogP contribution in [0.4, 0.5) is 0 Å². The van der Waals surface area contributed by atoms with Crippen LogP contribution in [0.1, 0.15) is 59.3 Å². The third-order valence-corrected chi connectivity index (χ3v) is 3.53. The Morgan fingerprint density at radius 2 is 1.73 bits per heavy atom. The summed E-state index contributed by atoms with van der Waals surface area (Å²) in [5.74, 6) is -2.76. The van der Waals surface area contributed by atoms with Crippen molar-refractivity contribution in [3.63, 3.8) is 0 Å². The monoisotopic (exact) mass is 314 g/mol. The Bertz CT molecular complexity index is 424. The van der Waals surface area contributed by atoms with Crippen LogP contribution in [0.3, 0.4) is 0 Å². The number of ether oxygens (including phenoxy) is 1. The normalized spacial score (nSPS) is 13.2. The SMILES string of the molecule is CCCCC(CC)COC(=O)CC(C)=C(CC(=O)O)C(=O)O. The highest BCUT2D eigenvalue weighted by atomic mass is 16.5. The van der Waals surface area contributed by atoms with Gasteiger partial charge in [0.05, 0.1) is 19.4 Å². The zero-order valence-corrected chi connectivity index (χ0v) is 13.6. The van der Waals surface area contributed by atoms with Crippen molar-refractivity contribution in [1.29, 1.82) is 0 Å². The van der Waals surface area contributed by atoms with Gasteiger partial charge >= 0.3 is 17.9 Å². The van der Waals surface area contributed by atoms with Crippen LogP contribution in [-0.2, 0) is 19.1 Å². The lowest BCUT2D eigenvalue weighted by Crippen LogP contribution is -2.16. The second-order valence-electron chi connectivity index (χ2n) is 5.41. The zero-order valence-electron chi connectivity index (χ0n) is 13.6. The molecule has 0 fully saturated rings. The van der Waals surface area contributed by atoms with Gasteiger partial charge in [-0.05, 0) is 19.3 Å². The standard InChI is InChI=1S/C16H26O6/c1-4-6-7-12(5-2)10-22-15(19)8-11(3)13(16(20)21)9-14(17)18/h12H,4-10H2,1-3H3,(H,17,18)(H,20,21). The summed E-state index contributed by atoms with van der Waals surface area (Å²) in [5, 5.41) is 17.7. The molecule has 2 N–H and O–H groups in total. The molecule has 1 unspecified atom stereocenters. The van der Waals surface area contributed by atoms with Gasteiger partial charge in [0.25, 0.3) is 0 Å². The van der Waals surface area contributed by atoms with Crippen LogP contribution in [0.2, 0.25) is 0 Å². The molecule has 0 bridgehead atoms. The van der Waals surface area contributed by atoms with Crippen molar-refractivity contribution in [1.82, 2.24) is 0 Å². The van der Waals surface area contributed by atoms with Crippen LogP contribution in [0.5, 0.6) is 0 Å². The predicted octanol–water partition coefficient (Wildman–Crippen LogP) is 3.01. The van der Waals surface area contributed by atoms with Crippen molar-refractivity contribution in [3.8, 4) is 0 Å². The van der Waals surface area contributed by atoms with Gasteiger partial charge < -0.3 is 14.9 Å². The fraction of sp³-hybridized carbons (Fsp3) is 0.688. The molecule has 6 heteroatoms. The number of carbonyl (C=O) groups is 3. The first-order valence-corrected chi connectivity index (χ1v) is 7.61. The Balaban J connectivity index is 4.55. The van der Waals surface area contributed by atoms with Crippen molar-refractivity contribution in [3.05, 3.63) is 11.1 Å². The minimum absolute atomic E-state index is 0.195. The smallest absolute Gasteiger partial charge is 0.332 e. The molecule has 0 aliphatic carbocycles. The molecule has 22 heavy (non-hydrogen) atoms. The van der Waals surface area contributed by atoms with Crippen LogP contribution in [0.15, 0.2) is 11.1 Å². The molecule has 0 heterocycles. The second-order valence-corrected chi connectivity index (χ2v) is 5.41. The summed E-state index contributed by atoms with van der Waals surface area (Å²) in [4.78, 5) is 33.4. The lowest BCUT2D eigenvalue weighted by molar-refractivity contribution is -0.144. The maximum atomic E-state index is 11.8. The Morgan fingerprint density at radius 3 is 2.18 bits per heavy atom. The molecule has 126 valence electrons. The first kappa shape index (κ1) is 20.1. The summed E-state index contributed by atoms with van der Waals surface area (Å²) >= 11 is 0. The maximum absolute atomic E-state index is 11.8. The van der Waals surface area contributed by atoms with E-state index in [1.54, 1.807) is 0 Å². The molecule has 0 saturated heterocycles. The van der Waals surface area contributed by atoms with E-state index in [0.717, 1.165) is 25.7 Å². The van der Waals surface area contributed by atoms with Gasteiger partial charge in [0, 0.05) is 5.57 Å². The lowest BCUT2D eigenvalue weighted by atomic mass is 10.0. The highest BCUT2D eigenvalue weighted by Gasteiger charge is 2.18. The van der Waals surface area contributed by atoms with Crippen molar-refractivity contribution in [2.75, 3.05) is 6.61 Å². The number of carboxylic acid groups (broad SMARTS) is 2. The number of hydrogen-bond donors (Lipinski definition) is 2. The average Bonchev–Trinajstić information content (AvgIpc) is 2.44. The van der Waals surface area contributed by atoms with E-state index in [2.05, 4.69) is 6.92 Å². The maximum Gasteiger partial charge on any atom is 0.332 e. The lowest BCUT2D eigenvalue weighted by Gasteiger charge is -2.15. The van der Waals surface area contributed by atoms with E-state index >= 15 is 0 Å². The summed E-state index contributed by atoms with van der Waals surface area (Å²) in [7, 11) is 0. The van der Waals surface area contributed by atoms with E-state index in [1.165, 1.54) is 6.92 Å². The number of rotatable bonds is 11. The fourth-order valence-corrected chi connectivity index (χ4v) is 2.04. The summed E-state index contributed by atoms with van der Waals surface area (Å²) < 4.78 is 5.18. The molecular formula is C16H26O6. The van der Waals surface area contributed by atoms with Crippen molar-refractivity contribution >= 4 is 17.9 Å². The molecule has 0 aromatic rings. The van der Waals surface area contributed by atoms with Gasteiger partial charge in [0.1, 0.15) is 0 Å². The molecule has 0 aliphatic heterocycles. The highest BCUT2D eigenvalue weighted by molar-refractivity contribution is 5.93. The Hall–Kier alpha value is -1.85. The minimum atomic E-state index is -1.32. The Kier molecular flexibility index (Phi) is 9.91. The van der Waals surface area contributed by atoms with Crippen LogP contribution in [0.25, 0.3) is 0 Å². The molecule has 1 atom stereocenters. The van der Waals surface area contributed by atoms with Crippen LogP contribution < -0.4 is 0 Å². The first-order chi connectivity index (χ1) is 10.3. The van der Waals surface area contributed by atoms with Gasteiger partial charge in [-0.3, -0.25) is 9.59 Å². The van der Waals surface area contributed by atoms with Crippen LogP contribution in [0, 0.1) is 5.92 Å². The third kappa shape index (κ3) is 8.44. The molecule has 0 aliphatic rings. The zero-order chi connectivity index (χ0) is 17.1. The van der Waals surface area contributed by atoms with Crippen molar-refractivity contribution in [2.45, 2.75) is 59.3 Å². The van der Waals surface area contributed by atoms with Gasteiger partial charge in [0.15, 0.2) is 0 Å². The Morgan fingerprint density at radius 1 is 1.09 bits per heavy atom. The summed E-state index contributed by atoms with van der Waals surface area (Å²) in [6.07, 6.45) is 3.28. The number of esters is 1. The van der Waals surface area contributed by atoms with Crippen LogP contribution in [-0.4, -0.2) is 34.7 Å². The molecule has 0 aromatic heterocycles. The van der Waals surface area contributed by atoms with Crippen LogP contribution >= 0.6 is 0 Å². The predicted molar refractivity (Wildman–Crippen MR) is 81.5 cm³/mol. The molecule has 0 saturated carbocycles. The minimum Gasteiger partial charge on any atom is -0.481 e. The summed E-state index contributed by atoms with van der Waals surface area (Å²) in [6, 6.07) is 0. The largest absolute Gasteiger partial charge is 0.481 e. The number of hydrogen-bond acceptors (Lipinski definition) is 4. The molecule has 0 radical (unpaired) electrons. The summed E-state index contributed by atoms with van der Waals surface area (Å²) in [5.41, 5.74) is -0.0380. The molecule has 0 amide bonds. The molecular weight excluding hydrogens is 288 g/mol. The molecule has 0 aromatic carbocycles. The summed E-state index contributed by atoms with van der Waals surface area (Å²) in [6.45, 7) is 5.91. The van der Waals surface area contributed by atoms with E-state index in [4.69, 9.17) is 14.9 Å². The van der Waals surface area contributed by atoms with E-state index in [-0.39, 0.29) is 17.6 Å². The van der Waals surface area contributed by atoms with E-state index in [1.807, 2.05) is 6.92 Å².